The largest absolute Gasteiger partial charge is 0.383 e. The number of hydrogen-bond donors (Lipinski definition) is 3. The molecule has 0 fully saturated rings. The predicted molar refractivity (Wildman–Crippen MR) is 159 cm³/mol. The maximum Gasteiger partial charge on any atom is 0.272 e. The Morgan fingerprint density at radius 1 is 0.927 bits per heavy atom. The fourth-order valence-corrected chi connectivity index (χ4v) is 4.65. The predicted octanol–water partition coefficient (Wildman–Crippen LogP) is 6.51. The smallest absolute Gasteiger partial charge is 0.272 e. The van der Waals surface area contributed by atoms with Crippen LogP contribution >= 0.6 is 23.2 Å². The molecule has 4 aromatic rings. The van der Waals surface area contributed by atoms with Crippen molar-refractivity contribution in [1.29, 1.82) is 0 Å². The fraction of sp³-hybridized carbons (Fsp3) is 0.233. The van der Waals surface area contributed by atoms with Gasteiger partial charge in [0.1, 0.15) is 11.5 Å². The second-order valence-electron chi connectivity index (χ2n) is 9.70. The summed E-state index contributed by atoms with van der Waals surface area (Å²) in [6.07, 6.45) is 0. The van der Waals surface area contributed by atoms with Gasteiger partial charge < -0.3 is 25.3 Å². The molecule has 214 valence electrons. The van der Waals surface area contributed by atoms with Gasteiger partial charge in [0.05, 0.1) is 17.2 Å². The number of methoxy groups -OCH3 is 1. The third kappa shape index (κ3) is 7.43. The van der Waals surface area contributed by atoms with E-state index >= 15 is 0 Å². The number of halogens is 3. The molecule has 0 aliphatic carbocycles. The summed E-state index contributed by atoms with van der Waals surface area (Å²) < 4.78 is 20.8. The van der Waals surface area contributed by atoms with Crippen LogP contribution in [-0.2, 0) is 22.6 Å². The van der Waals surface area contributed by atoms with E-state index in [0.717, 1.165) is 17.1 Å². The van der Waals surface area contributed by atoms with E-state index in [9.17, 15) is 18.8 Å². The monoisotopic (exact) mass is 598 g/mol. The standard InChI is InChI=1S/C30H29Cl2FN4O4/c1-17(2)28(38)34-16-18-4-6-25(32)24(10-18)29(39)35-22-5-7-26-19(11-22)12-27(37(26)8-9-41-3)30(40)36-23-14-20(31)13-21(33)15-23/h4-7,10-15,17H,8-9,16H2,1-3H3,(H,34,38)(H,35,39)(H,36,40). The lowest BCUT2D eigenvalue weighted by molar-refractivity contribution is -0.124. The number of ether oxygens (including phenoxy) is 1. The number of fused-ring (bicyclic) bond motifs is 1. The van der Waals surface area contributed by atoms with Gasteiger partial charge in [-0.15, -0.1) is 0 Å². The fourth-order valence-electron chi connectivity index (χ4n) is 4.23. The Bertz CT molecular complexity index is 1600. The van der Waals surface area contributed by atoms with Crippen molar-refractivity contribution in [2.75, 3.05) is 24.4 Å². The van der Waals surface area contributed by atoms with Crippen molar-refractivity contribution in [3.63, 3.8) is 0 Å². The number of benzene rings is 3. The molecule has 0 radical (unpaired) electrons. The van der Waals surface area contributed by atoms with Crippen LogP contribution in [0.2, 0.25) is 10.0 Å². The highest BCUT2D eigenvalue weighted by Crippen LogP contribution is 2.27. The first-order valence-corrected chi connectivity index (χ1v) is 13.6. The van der Waals surface area contributed by atoms with Crippen LogP contribution in [0, 0.1) is 11.7 Å². The summed E-state index contributed by atoms with van der Waals surface area (Å²) in [7, 11) is 1.56. The van der Waals surface area contributed by atoms with Gasteiger partial charge in [-0.25, -0.2) is 4.39 Å². The molecule has 41 heavy (non-hydrogen) atoms. The highest BCUT2D eigenvalue weighted by atomic mass is 35.5. The molecular weight excluding hydrogens is 570 g/mol. The van der Waals surface area contributed by atoms with E-state index in [2.05, 4.69) is 16.0 Å². The van der Waals surface area contributed by atoms with E-state index in [1.165, 1.54) is 12.1 Å². The van der Waals surface area contributed by atoms with Crippen LogP contribution in [0.15, 0.2) is 60.7 Å². The van der Waals surface area contributed by atoms with Gasteiger partial charge in [-0.3, -0.25) is 14.4 Å². The number of nitrogens with zero attached hydrogens (tertiary/aromatic N) is 1. The van der Waals surface area contributed by atoms with Crippen LogP contribution in [-0.4, -0.2) is 36.0 Å². The first-order valence-electron chi connectivity index (χ1n) is 12.8. The Labute approximate surface area is 246 Å². The molecule has 0 aliphatic heterocycles. The Kier molecular flexibility index (Phi) is 9.65. The van der Waals surface area contributed by atoms with Crippen LogP contribution in [0.5, 0.6) is 0 Å². The number of amides is 3. The summed E-state index contributed by atoms with van der Waals surface area (Å²) in [6, 6.07) is 15.7. The summed E-state index contributed by atoms with van der Waals surface area (Å²) in [4.78, 5) is 38.3. The number of anilines is 2. The zero-order valence-electron chi connectivity index (χ0n) is 22.7. The second-order valence-corrected chi connectivity index (χ2v) is 10.5. The maximum absolute atomic E-state index is 13.8. The Morgan fingerprint density at radius 3 is 2.39 bits per heavy atom. The lowest BCUT2D eigenvalue weighted by Crippen LogP contribution is -2.27. The summed E-state index contributed by atoms with van der Waals surface area (Å²) >= 11 is 12.3. The quantitative estimate of drug-likeness (QED) is 0.194. The summed E-state index contributed by atoms with van der Waals surface area (Å²) in [5, 5.41) is 9.48. The Balaban J connectivity index is 1.58. The highest BCUT2D eigenvalue weighted by molar-refractivity contribution is 6.34. The number of hydrogen-bond acceptors (Lipinski definition) is 4. The van der Waals surface area contributed by atoms with E-state index in [4.69, 9.17) is 27.9 Å². The van der Waals surface area contributed by atoms with E-state index in [1.807, 2.05) is 0 Å². The molecule has 3 N–H and O–H groups in total. The average Bonchev–Trinajstić information content (AvgIpc) is 3.28. The van der Waals surface area contributed by atoms with Crippen LogP contribution in [0.4, 0.5) is 15.8 Å². The van der Waals surface area contributed by atoms with Crippen molar-refractivity contribution in [2.45, 2.75) is 26.9 Å². The maximum atomic E-state index is 13.8. The van der Waals surface area contributed by atoms with Gasteiger partial charge in [0.2, 0.25) is 5.91 Å². The lowest BCUT2D eigenvalue weighted by Gasteiger charge is -2.12. The molecule has 0 saturated carbocycles. The Morgan fingerprint density at radius 2 is 1.68 bits per heavy atom. The minimum Gasteiger partial charge on any atom is -0.383 e. The van der Waals surface area contributed by atoms with E-state index in [0.29, 0.717) is 29.9 Å². The van der Waals surface area contributed by atoms with E-state index < -0.39 is 17.6 Å². The zero-order valence-corrected chi connectivity index (χ0v) is 24.2. The van der Waals surface area contributed by atoms with Crippen molar-refractivity contribution in [3.8, 4) is 0 Å². The van der Waals surface area contributed by atoms with Crippen LogP contribution in [0.1, 0.15) is 40.3 Å². The Hall–Kier alpha value is -3.92. The van der Waals surface area contributed by atoms with Gasteiger partial charge in [-0.2, -0.15) is 0 Å². The molecule has 1 aromatic heterocycles. The molecule has 0 atom stereocenters. The van der Waals surface area contributed by atoms with E-state index in [1.54, 1.807) is 68.0 Å². The van der Waals surface area contributed by atoms with Gasteiger partial charge in [-0.1, -0.05) is 43.1 Å². The molecule has 0 saturated heterocycles. The topological polar surface area (TPSA) is 101 Å². The van der Waals surface area contributed by atoms with Crippen molar-refractivity contribution in [1.82, 2.24) is 9.88 Å². The summed E-state index contributed by atoms with van der Waals surface area (Å²) in [6.45, 7) is 4.60. The number of rotatable bonds is 10. The summed E-state index contributed by atoms with van der Waals surface area (Å²) in [5.74, 6) is -1.71. The van der Waals surface area contributed by atoms with Crippen molar-refractivity contribution in [2.24, 2.45) is 5.92 Å². The van der Waals surface area contributed by atoms with Gasteiger partial charge in [0, 0.05) is 53.4 Å². The van der Waals surface area contributed by atoms with Gasteiger partial charge >= 0.3 is 0 Å². The second kappa shape index (κ2) is 13.2. The molecule has 3 aromatic carbocycles. The zero-order chi connectivity index (χ0) is 29.7. The minimum atomic E-state index is -0.570. The SMILES string of the molecule is COCCn1c(C(=O)Nc2cc(F)cc(Cl)c2)cc2cc(NC(=O)c3cc(CNC(=O)C(C)C)ccc3Cl)ccc21. The summed E-state index contributed by atoms with van der Waals surface area (Å²) in [5.41, 5.74) is 2.76. The first kappa shape index (κ1) is 30.0. The highest BCUT2D eigenvalue weighted by Gasteiger charge is 2.18. The van der Waals surface area contributed by atoms with Gasteiger partial charge in [-0.05, 0) is 60.2 Å². The van der Waals surface area contributed by atoms with E-state index in [-0.39, 0.29) is 39.7 Å². The molecule has 4 rings (SSSR count). The molecule has 1 heterocycles. The van der Waals surface area contributed by atoms with Crippen LogP contribution < -0.4 is 16.0 Å². The third-order valence-corrected chi connectivity index (χ3v) is 6.85. The molecular formula is C30H29Cl2FN4O4. The van der Waals surface area contributed by atoms with Crippen molar-refractivity contribution in [3.05, 3.63) is 93.3 Å². The molecule has 0 bridgehead atoms. The molecule has 3 amide bonds. The van der Waals surface area contributed by atoms with Crippen molar-refractivity contribution >= 4 is 63.2 Å². The number of nitrogens with one attached hydrogen (secondary N) is 3. The number of carbonyl (C=O) groups excluding carboxylic acids is 3. The molecule has 8 nitrogen and oxygen atoms in total. The number of carbonyl (C=O) groups is 3. The molecule has 0 aliphatic rings. The third-order valence-electron chi connectivity index (χ3n) is 6.30. The van der Waals surface area contributed by atoms with Gasteiger partial charge in [0.15, 0.2) is 0 Å². The molecule has 0 unspecified atom stereocenters. The van der Waals surface area contributed by atoms with Crippen LogP contribution in [0.3, 0.4) is 0 Å². The normalized spacial score (nSPS) is 11.1. The molecule has 0 spiro atoms. The minimum absolute atomic E-state index is 0.0931. The number of aromatic nitrogens is 1. The van der Waals surface area contributed by atoms with Crippen molar-refractivity contribution < 1.29 is 23.5 Å². The average molecular weight is 599 g/mol. The first-order chi connectivity index (χ1) is 19.5. The molecule has 11 heteroatoms. The van der Waals surface area contributed by atoms with Gasteiger partial charge in [0.25, 0.3) is 11.8 Å². The lowest BCUT2D eigenvalue weighted by atomic mass is 10.1. The van der Waals surface area contributed by atoms with Crippen LogP contribution in [0.25, 0.3) is 10.9 Å².